The van der Waals surface area contributed by atoms with Gasteiger partial charge in [0.1, 0.15) is 5.82 Å². The van der Waals surface area contributed by atoms with Crippen LogP contribution in [0.3, 0.4) is 0 Å². The van der Waals surface area contributed by atoms with Crippen molar-refractivity contribution < 1.29 is 9.13 Å². The number of halogens is 1. The van der Waals surface area contributed by atoms with Crippen LogP contribution in [0.15, 0.2) is 61.2 Å². The highest BCUT2D eigenvalue weighted by Crippen LogP contribution is 2.32. The van der Waals surface area contributed by atoms with Crippen LogP contribution in [0.4, 0.5) is 4.39 Å². The van der Waals surface area contributed by atoms with Gasteiger partial charge in [-0.05, 0) is 24.1 Å². The molecule has 3 rings (SSSR count). The third-order valence-electron chi connectivity index (χ3n) is 4.33. The number of rotatable bonds is 3. The maximum atomic E-state index is 13.1. The summed E-state index contributed by atoms with van der Waals surface area (Å²) in [5, 5.41) is 0. The van der Waals surface area contributed by atoms with Crippen LogP contribution in [0.2, 0.25) is 0 Å². The van der Waals surface area contributed by atoms with Crippen molar-refractivity contribution in [3.05, 3.63) is 72.6 Å². The summed E-state index contributed by atoms with van der Waals surface area (Å²) in [5.74, 6) is -0.214. The van der Waals surface area contributed by atoms with Crippen molar-refractivity contribution in [3.63, 3.8) is 0 Å². The number of hydrogen-bond acceptors (Lipinski definition) is 2. The molecule has 0 amide bonds. The minimum absolute atomic E-state index is 0.0181. The molecule has 1 fully saturated rings. The molecule has 1 aliphatic carbocycles. The molecule has 1 saturated heterocycles. The lowest BCUT2D eigenvalue weighted by molar-refractivity contribution is -0.0511. The van der Waals surface area contributed by atoms with Crippen molar-refractivity contribution in [2.45, 2.75) is 18.1 Å². The molecule has 21 heavy (non-hydrogen) atoms. The second-order valence-electron chi connectivity index (χ2n) is 5.54. The van der Waals surface area contributed by atoms with Gasteiger partial charge in [0, 0.05) is 13.1 Å². The Morgan fingerprint density at radius 1 is 1.29 bits per heavy atom. The van der Waals surface area contributed by atoms with E-state index >= 15 is 0 Å². The molecular weight excluding hydrogens is 265 g/mol. The number of ether oxygens (including phenoxy) is 1. The van der Waals surface area contributed by atoms with Gasteiger partial charge in [-0.2, -0.15) is 0 Å². The number of nitrogens with zero attached hydrogens (tertiary/aromatic N) is 1. The van der Waals surface area contributed by atoms with Crippen molar-refractivity contribution in [3.8, 4) is 0 Å². The quantitative estimate of drug-likeness (QED) is 0.786. The minimum Gasteiger partial charge on any atom is -0.371 e. The number of morpholine rings is 1. The largest absolute Gasteiger partial charge is 0.371 e. The molecule has 1 aromatic rings. The Morgan fingerprint density at radius 2 is 2.10 bits per heavy atom. The molecule has 110 valence electrons. The Bertz CT molecular complexity index is 563. The van der Waals surface area contributed by atoms with Gasteiger partial charge in [0.25, 0.3) is 0 Å². The smallest absolute Gasteiger partial charge is 0.123 e. The first kappa shape index (κ1) is 14.2. The van der Waals surface area contributed by atoms with Gasteiger partial charge in [-0.15, -0.1) is 6.58 Å². The fraction of sp³-hybridized carbons (Fsp3) is 0.333. The molecule has 0 N–H and O–H groups in total. The summed E-state index contributed by atoms with van der Waals surface area (Å²) in [5.41, 5.74) is 0.896. The average Bonchev–Trinajstić information content (AvgIpc) is 2.56. The first-order valence-electron chi connectivity index (χ1n) is 7.34. The highest BCUT2D eigenvalue weighted by molar-refractivity contribution is 5.28. The van der Waals surface area contributed by atoms with E-state index in [1.807, 2.05) is 6.08 Å². The van der Waals surface area contributed by atoms with Gasteiger partial charge in [0.2, 0.25) is 0 Å². The second-order valence-corrected chi connectivity index (χ2v) is 5.54. The Hall–Kier alpha value is -1.71. The summed E-state index contributed by atoms with van der Waals surface area (Å²) in [4.78, 5) is 2.40. The van der Waals surface area contributed by atoms with Crippen LogP contribution in [0.1, 0.15) is 18.1 Å². The van der Waals surface area contributed by atoms with Gasteiger partial charge < -0.3 is 4.74 Å². The number of benzene rings is 1. The fourth-order valence-corrected chi connectivity index (χ4v) is 3.05. The summed E-state index contributed by atoms with van der Waals surface area (Å²) in [6.07, 6.45) is 11.4. The van der Waals surface area contributed by atoms with E-state index in [0.717, 1.165) is 25.1 Å². The first-order chi connectivity index (χ1) is 10.2. The monoisotopic (exact) mass is 285 g/mol. The fourth-order valence-electron chi connectivity index (χ4n) is 3.05. The Labute approximate surface area is 125 Å². The van der Waals surface area contributed by atoms with Crippen LogP contribution >= 0.6 is 0 Å². The average molecular weight is 285 g/mol. The van der Waals surface area contributed by atoms with Crippen LogP contribution in [0.5, 0.6) is 0 Å². The molecule has 0 aromatic heterocycles. The Morgan fingerprint density at radius 3 is 2.76 bits per heavy atom. The van der Waals surface area contributed by atoms with Crippen LogP contribution in [0.25, 0.3) is 0 Å². The van der Waals surface area contributed by atoms with E-state index in [1.165, 1.54) is 12.1 Å². The van der Waals surface area contributed by atoms with E-state index in [-0.39, 0.29) is 17.5 Å². The highest BCUT2D eigenvalue weighted by Gasteiger charge is 2.35. The molecule has 2 aliphatic rings. The van der Waals surface area contributed by atoms with Gasteiger partial charge in [-0.25, -0.2) is 4.39 Å². The minimum atomic E-state index is -0.214. The van der Waals surface area contributed by atoms with E-state index in [0.29, 0.717) is 6.61 Å². The predicted molar refractivity (Wildman–Crippen MR) is 82.5 cm³/mol. The zero-order valence-corrected chi connectivity index (χ0v) is 12.0. The molecule has 0 saturated carbocycles. The predicted octanol–water partition coefficient (Wildman–Crippen LogP) is 3.64. The van der Waals surface area contributed by atoms with E-state index in [4.69, 9.17) is 4.74 Å². The molecule has 2 nitrogen and oxygen atoms in total. The first-order valence-corrected chi connectivity index (χ1v) is 7.34. The van der Waals surface area contributed by atoms with Gasteiger partial charge in [0.05, 0.1) is 18.2 Å². The third kappa shape index (κ3) is 2.85. The standard InChI is InChI=1S/C18H20FNO/c1-2-18(10-4-3-5-11-18)20-12-13-21-17(14-20)15-6-8-16(19)9-7-15/h2-10,17H,1,11-14H2/t17-,18+/m1/s1. The van der Waals surface area contributed by atoms with Crippen molar-refractivity contribution in [2.24, 2.45) is 0 Å². The topological polar surface area (TPSA) is 12.5 Å². The highest BCUT2D eigenvalue weighted by atomic mass is 19.1. The molecule has 0 unspecified atom stereocenters. The molecule has 1 heterocycles. The van der Waals surface area contributed by atoms with Gasteiger partial charge >= 0.3 is 0 Å². The third-order valence-corrected chi connectivity index (χ3v) is 4.33. The maximum Gasteiger partial charge on any atom is 0.123 e. The summed E-state index contributed by atoms with van der Waals surface area (Å²) >= 11 is 0. The lowest BCUT2D eigenvalue weighted by Gasteiger charge is -2.44. The molecule has 3 heteroatoms. The van der Waals surface area contributed by atoms with E-state index in [9.17, 15) is 4.39 Å². The van der Waals surface area contributed by atoms with Crippen molar-refractivity contribution in [1.82, 2.24) is 4.90 Å². The lowest BCUT2D eigenvalue weighted by atomic mass is 9.88. The van der Waals surface area contributed by atoms with Crippen molar-refractivity contribution in [1.29, 1.82) is 0 Å². The maximum absolute atomic E-state index is 13.1. The van der Waals surface area contributed by atoms with Gasteiger partial charge in [0.15, 0.2) is 0 Å². The number of allylic oxidation sites excluding steroid dienone is 2. The van der Waals surface area contributed by atoms with Crippen LogP contribution in [-0.2, 0) is 4.74 Å². The van der Waals surface area contributed by atoms with Crippen LogP contribution < -0.4 is 0 Å². The summed E-state index contributed by atoms with van der Waals surface area (Å²) in [6, 6.07) is 6.59. The van der Waals surface area contributed by atoms with Crippen molar-refractivity contribution >= 4 is 0 Å². The summed E-state index contributed by atoms with van der Waals surface area (Å²) in [7, 11) is 0. The molecular formula is C18H20FNO. The van der Waals surface area contributed by atoms with Crippen molar-refractivity contribution in [2.75, 3.05) is 19.7 Å². The van der Waals surface area contributed by atoms with Crippen LogP contribution in [-0.4, -0.2) is 30.1 Å². The Balaban J connectivity index is 1.79. The zero-order valence-electron chi connectivity index (χ0n) is 12.0. The SMILES string of the molecule is C=C[C@]1(N2CCO[C@@H](c3ccc(F)cc3)C2)C=CC=CC1. The summed E-state index contributed by atoms with van der Waals surface area (Å²) < 4.78 is 18.9. The van der Waals surface area contributed by atoms with E-state index in [1.54, 1.807) is 12.1 Å². The molecule has 2 atom stereocenters. The second kappa shape index (κ2) is 5.96. The number of hydrogen-bond donors (Lipinski definition) is 0. The molecule has 1 aliphatic heterocycles. The molecule has 0 bridgehead atoms. The van der Waals surface area contributed by atoms with E-state index < -0.39 is 0 Å². The normalized spacial score (nSPS) is 29.5. The van der Waals surface area contributed by atoms with Gasteiger partial charge in [-0.3, -0.25) is 4.90 Å². The van der Waals surface area contributed by atoms with Crippen LogP contribution in [0, 0.1) is 5.82 Å². The summed E-state index contributed by atoms with van der Waals surface area (Å²) in [6.45, 7) is 6.36. The molecule has 0 spiro atoms. The lowest BCUT2D eigenvalue weighted by Crippen LogP contribution is -2.52. The van der Waals surface area contributed by atoms with Gasteiger partial charge in [-0.1, -0.05) is 42.5 Å². The molecule has 1 aromatic carbocycles. The Kier molecular flexibility index (Phi) is 4.04. The molecule has 0 radical (unpaired) electrons. The van der Waals surface area contributed by atoms with E-state index in [2.05, 4.69) is 35.8 Å². The zero-order chi connectivity index (χ0) is 14.7.